The van der Waals surface area contributed by atoms with Crippen LogP contribution in [0, 0.1) is 13.8 Å². The van der Waals surface area contributed by atoms with Crippen LogP contribution in [0.2, 0.25) is 0 Å². The monoisotopic (exact) mass is 319 g/mol. The molecule has 0 aliphatic heterocycles. The molecule has 7 nitrogen and oxygen atoms in total. The van der Waals surface area contributed by atoms with E-state index in [1.807, 2.05) is 20.8 Å². The van der Waals surface area contributed by atoms with Gasteiger partial charge in [0.2, 0.25) is 5.88 Å². The van der Waals surface area contributed by atoms with Crippen LogP contribution in [0.4, 0.5) is 5.82 Å². The number of methoxy groups -OCH3 is 1. The molecule has 3 aromatic rings. The highest BCUT2D eigenvalue weighted by atomic mass is 32.1. The van der Waals surface area contributed by atoms with E-state index in [0.29, 0.717) is 22.9 Å². The highest BCUT2D eigenvalue weighted by Crippen LogP contribution is 2.27. The molecular formula is C14H17N5O2S. The zero-order chi connectivity index (χ0) is 15.9. The number of rotatable bonds is 4. The summed E-state index contributed by atoms with van der Waals surface area (Å²) < 4.78 is 5.02. The Labute approximate surface area is 130 Å². The molecule has 0 spiro atoms. The molecule has 0 aromatic carbocycles. The van der Waals surface area contributed by atoms with Crippen molar-refractivity contribution < 1.29 is 4.74 Å². The van der Waals surface area contributed by atoms with Crippen LogP contribution < -0.4 is 15.6 Å². The van der Waals surface area contributed by atoms with Gasteiger partial charge in [-0.1, -0.05) is 0 Å². The summed E-state index contributed by atoms with van der Waals surface area (Å²) in [6.07, 6.45) is 0. The minimum atomic E-state index is -0.176. The lowest BCUT2D eigenvalue weighted by Crippen LogP contribution is -2.17. The Morgan fingerprint density at radius 2 is 2.18 bits per heavy atom. The van der Waals surface area contributed by atoms with E-state index < -0.39 is 0 Å². The average molecular weight is 319 g/mol. The zero-order valence-electron chi connectivity index (χ0n) is 12.8. The highest BCUT2D eigenvalue weighted by Gasteiger charge is 2.15. The molecule has 0 fully saturated rings. The fraction of sp³-hybridized carbons (Fsp3) is 0.357. The Hall–Kier alpha value is -2.35. The van der Waals surface area contributed by atoms with Crippen molar-refractivity contribution in [1.82, 2.24) is 20.2 Å². The number of nitrogens with one attached hydrogen (secondary N) is 3. The first-order chi connectivity index (χ1) is 10.5. The third kappa shape index (κ3) is 2.45. The van der Waals surface area contributed by atoms with E-state index in [1.54, 1.807) is 13.2 Å². The van der Waals surface area contributed by atoms with Crippen LogP contribution >= 0.6 is 11.3 Å². The van der Waals surface area contributed by atoms with Crippen molar-refractivity contribution in [3.63, 3.8) is 0 Å². The van der Waals surface area contributed by atoms with Gasteiger partial charge in [-0.05, 0) is 26.3 Å². The lowest BCUT2D eigenvalue weighted by Gasteiger charge is -2.12. The van der Waals surface area contributed by atoms with Gasteiger partial charge in [0, 0.05) is 10.9 Å². The van der Waals surface area contributed by atoms with Gasteiger partial charge in [-0.3, -0.25) is 9.89 Å². The van der Waals surface area contributed by atoms with Crippen LogP contribution in [0.3, 0.4) is 0 Å². The first kappa shape index (κ1) is 14.6. The van der Waals surface area contributed by atoms with Crippen LogP contribution in [-0.4, -0.2) is 27.3 Å². The number of anilines is 1. The van der Waals surface area contributed by atoms with Crippen LogP contribution in [0.1, 0.15) is 29.2 Å². The van der Waals surface area contributed by atoms with Gasteiger partial charge in [-0.15, -0.1) is 16.4 Å². The quantitative estimate of drug-likeness (QED) is 0.686. The smallest absolute Gasteiger partial charge is 0.259 e. The number of aromatic nitrogens is 4. The number of nitrogens with zero attached hydrogens (tertiary/aromatic N) is 2. The molecule has 0 aliphatic rings. The Morgan fingerprint density at radius 1 is 1.41 bits per heavy atom. The van der Waals surface area contributed by atoms with Crippen LogP contribution in [0.5, 0.6) is 5.88 Å². The Balaban J connectivity index is 1.93. The second-order valence-corrected chi connectivity index (χ2v) is 6.31. The van der Waals surface area contributed by atoms with Gasteiger partial charge in [-0.2, -0.15) is 0 Å². The van der Waals surface area contributed by atoms with E-state index in [1.165, 1.54) is 11.3 Å². The molecule has 1 unspecified atom stereocenters. The van der Waals surface area contributed by atoms with Gasteiger partial charge in [0.15, 0.2) is 0 Å². The fourth-order valence-electron chi connectivity index (χ4n) is 2.26. The normalized spacial score (nSPS) is 12.5. The topological polar surface area (TPSA) is 95.7 Å². The molecule has 0 radical (unpaired) electrons. The standard InChI is InChI=1S/C14H17N5O2S/c1-6-8(3)22-14-11(6)13(20)16-12(17-14)7(2)15-9-5-10(21-4)19-18-9/h5,7H,1-4H3,(H2,15,18,19)(H,16,17,20). The molecule has 0 bridgehead atoms. The number of hydrogen-bond acceptors (Lipinski definition) is 6. The van der Waals surface area contributed by atoms with Crippen LogP contribution in [0.15, 0.2) is 10.9 Å². The van der Waals surface area contributed by atoms with E-state index >= 15 is 0 Å². The molecule has 3 heterocycles. The van der Waals surface area contributed by atoms with Gasteiger partial charge in [0.25, 0.3) is 5.56 Å². The molecule has 116 valence electrons. The molecular weight excluding hydrogens is 302 g/mol. The number of fused-ring (bicyclic) bond motifs is 1. The van der Waals surface area contributed by atoms with Crippen LogP contribution in [-0.2, 0) is 0 Å². The van der Waals surface area contributed by atoms with Gasteiger partial charge in [0.1, 0.15) is 16.5 Å². The lowest BCUT2D eigenvalue weighted by molar-refractivity contribution is 0.397. The van der Waals surface area contributed by atoms with Crippen molar-refractivity contribution in [2.24, 2.45) is 0 Å². The highest BCUT2D eigenvalue weighted by molar-refractivity contribution is 7.18. The number of aryl methyl sites for hydroxylation is 2. The summed E-state index contributed by atoms with van der Waals surface area (Å²) in [4.78, 5) is 21.6. The minimum absolute atomic E-state index is 0.0994. The summed E-state index contributed by atoms with van der Waals surface area (Å²) in [5.41, 5.74) is 0.900. The Kier molecular flexibility index (Phi) is 3.61. The maximum absolute atomic E-state index is 12.3. The molecule has 1 atom stereocenters. The average Bonchev–Trinajstić information content (AvgIpc) is 3.04. The van der Waals surface area contributed by atoms with Gasteiger partial charge in [0.05, 0.1) is 18.5 Å². The second-order valence-electron chi connectivity index (χ2n) is 5.10. The summed E-state index contributed by atoms with van der Waals surface area (Å²) in [5, 5.41) is 10.7. The molecule has 0 aliphatic carbocycles. The molecule has 8 heteroatoms. The molecule has 3 aromatic heterocycles. The van der Waals surface area contributed by atoms with E-state index in [0.717, 1.165) is 15.3 Å². The summed E-state index contributed by atoms with van der Waals surface area (Å²) in [5.74, 6) is 1.79. The van der Waals surface area contributed by atoms with Crippen LogP contribution in [0.25, 0.3) is 10.2 Å². The maximum atomic E-state index is 12.3. The summed E-state index contributed by atoms with van der Waals surface area (Å²) in [7, 11) is 1.55. The number of aromatic amines is 2. The number of hydrogen-bond donors (Lipinski definition) is 3. The fourth-order valence-corrected chi connectivity index (χ4v) is 3.30. The molecule has 0 amide bonds. The third-order valence-corrected chi connectivity index (χ3v) is 4.70. The van der Waals surface area contributed by atoms with Gasteiger partial charge < -0.3 is 15.0 Å². The largest absolute Gasteiger partial charge is 0.480 e. The molecule has 0 saturated heterocycles. The van der Waals surface area contributed by atoms with E-state index in [2.05, 4.69) is 25.5 Å². The van der Waals surface area contributed by atoms with Crippen molar-refractivity contribution in [3.8, 4) is 5.88 Å². The number of ether oxygens (including phenoxy) is 1. The van der Waals surface area contributed by atoms with E-state index in [-0.39, 0.29) is 11.6 Å². The number of thiophene rings is 1. The van der Waals surface area contributed by atoms with Gasteiger partial charge in [-0.25, -0.2) is 4.98 Å². The molecule has 3 rings (SSSR count). The SMILES string of the molecule is COc1cc(NC(C)c2nc3sc(C)c(C)c3c(=O)[nH]2)[nH]n1. The zero-order valence-corrected chi connectivity index (χ0v) is 13.6. The minimum Gasteiger partial charge on any atom is -0.480 e. The Morgan fingerprint density at radius 3 is 2.86 bits per heavy atom. The van der Waals surface area contributed by atoms with Crippen molar-refractivity contribution in [1.29, 1.82) is 0 Å². The first-order valence-electron chi connectivity index (χ1n) is 6.85. The van der Waals surface area contributed by atoms with Gasteiger partial charge >= 0.3 is 0 Å². The maximum Gasteiger partial charge on any atom is 0.259 e. The predicted molar refractivity (Wildman–Crippen MR) is 86.9 cm³/mol. The van der Waals surface area contributed by atoms with Crippen molar-refractivity contribution >= 4 is 27.4 Å². The number of H-pyrrole nitrogens is 2. The lowest BCUT2D eigenvalue weighted by atomic mass is 10.2. The van der Waals surface area contributed by atoms with E-state index in [9.17, 15) is 4.79 Å². The first-order valence-corrected chi connectivity index (χ1v) is 7.67. The van der Waals surface area contributed by atoms with Crippen molar-refractivity contribution in [3.05, 3.63) is 32.7 Å². The summed E-state index contributed by atoms with van der Waals surface area (Å²) in [6.45, 7) is 5.87. The molecule has 22 heavy (non-hydrogen) atoms. The second kappa shape index (κ2) is 5.45. The van der Waals surface area contributed by atoms with E-state index in [4.69, 9.17) is 4.74 Å². The van der Waals surface area contributed by atoms with Crippen molar-refractivity contribution in [2.75, 3.05) is 12.4 Å². The molecule has 0 saturated carbocycles. The molecule has 3 N–H and O–H groups in total. The summed E-state index contributed by atoms with van der Waals surface area (Å²) >= 11 is 1.54. The summed E-state index contributed by atoms with van der Waals surface area (Å²) in [6, 6.07) is 1.57. The third-order valence-electron chi connectivity index (χ3n) is 3.60. The van der Waals surface area contributed by atoms with Crippen molar-refractivity contribution in [2.45, 2.75) is 26.8 Å². The predicted octanol–water partition coefficient (Wildman–Crippen LogP) is 2.51. The Bertz CT molecular complexity index is 879.